The summed E-state index contributed by atoms with van der Waals surface area (Å²) in [6.45, 7) is 0.110. The topological polar surface area (TPSA) is 149 Å². The number of rotatable bonds is 3. The summed E-state index contributed by atoms with van der Waals surface area (Å²) in [5, 5.41) is 28.2. The first kappa shape index (κ1) is 32.4. The minimum absolute atomic E-state index is 0.00316. The zero-order valence-corrected chi connectivity index (χ0v) is 25.5. The van der Waals surface area contributed by atoms with Gasteiger partial charge in [0, 0.05) is 37.3 Å². The molecule has 3 aliphatic rings. The molecule has 0 saturated carbocycles. The smallest absolute Gasteiger partial charge is 0.322 e. The zero-order valence-electron chi connectivity index (χ0n) is 25.5. The Balaban J connectivity index is 1.28. The molecule has 5 N–H and O–H groups in total. The number of nitrogens with one attached hydrogen (secondary N) is 3. The number of nitrogens with zero attached hydrogens (tertiary/aromatic N) is 1. The summed E-state index contributed by atoms with van der Waals surface area (Å²) in [6, 6.07) is 13.1. The van der Waals surface area contributed by atoms with E-state index in [1.807, 2.05) is 24.3 Å². The summed E-state index contributed by atoms with van der Waals surface area (Å²) in [7, 11) is 0. The number of aliphatic hydroxyl groups excluding tert-OH is 2. The lowest BCUT2D eigenvalue weighted by Crippen LogP contribution is -2.51. The van der Waals surface area contributed by atoms with E-state index in [2.05, 4.69) is 16.0 Å². The lowest BCUT2D eigenvalue weighted by Gasteiger charge is -2.34. The summed E-state index contributed by atoms with van der Waals surface area (Å²) in [5.41, 5.74) is 2.68. The van der Waals surface area contributed by atoms with Gasteiger partial charge in [-0.2, -0.15) is 0 Å². The van der Waals surface area contributed by atoms with Crippen LogP contribution >= 0.6 is 0 Å². The minimum atomic E-state index is -1.14. The molecule has 13 heteroatoms. The van der Waals surface area contributed by atoms with Gasteiger partial charge in [-0.1, -0.05) is 30.3 Å². The molecule has 0 radical (unpaired) electrons. The van der Waals surface area contributed by atoms with E-state index in [1.54, 1.807) is 18.2 Å². The van der Waals surface area contributed by atoms with Crippen LogP contribution in [0.4, 0.5) is 19.3 Å². The maximum absolute atomic E-state index is 13.8. The van der Waals surface area contributed by atoms with Gasteiger partial charge in [-0.05, 0) is 60.2 Å². The van der Waals surface area contributed by atoms with Gasteiger partial charge in [-0.3, -0.25) is 9.59 Å². The molecule has 47 heavy (non-hydrogen) atoms. The molecule has 0 unspecified atom stereocenters. The van der Waals surface area contributed by atoms with Crippen LogP contribution in [0.15, 0.2) is 60.7 Å². The number of benzene rings is 3. The second-order valence-electron chi connectivity index (χ2n) is 12.0. The van der Waals surface area contributed by atoms with Gasteiger partial charge in [0.05, 0.1) is 31.0 Å². The molecule has 6 rings (SSSR count). The molecule has 4 bridgehead atoms. The first-order chi connectivity index (χ1) is 22.7. The lowest BCUT2D eigenvalue weighted by atomic mass is 9.99. The van der Waals surface area contributed by atoms with Crippen molar-refractivity contribution in [2.24, 2.45) is 0 Å². The molecule has 0 aliphatic carbocycles. The Morgan fingerprint density at radius 3 is 2.53 bits per heavy atom. The number of hydrogen-bond donors (Lipinski definition) is 5. The van der Waals surface area contributed by atoms with Crippen LogP contribution in [0.25, 0.3) is 11.1 Å². The van der Waals surface area contributed by atoms with Crippen molar-refractivity contribution in [1.29, 1.82) is 0 Å². The fourth-order valence-electron chi connectivity index (χ4n) is 6.22. The van der Waals surface area contributed by atoms with Gasteiger partial charge in [0.15, 0.2) is 11.6 Å². The Bertz CT molecular complexity index is 1640. The molecular formula is C34H36F2N4O7. The Kier molecular flexibility index (Phi) is 9.66. The van der Waals surface area contributed by atoms with Crippen LogP contribution in [0.3, 0.4) is 0 Å². The summed E-state index contributed by atoms with van der Waals surface area (Å²) in [4.78, 5) is 41.7. The monoisotopic (exact) mass is 650 g/mol. The number of likely N-dealkylation sites (tertiary alicyclic amines) is 1. The number of fused-ring (bicyclic) bond motifs is 5. The number of carbonyl (C=O) groups is 3. The molecule has 3 aromatic rings. The van der Waals surface area contributed by atoms with Crippen molar-refractivity contribution in [3.05, 3.63) is 83.4 Å². The molecule has 248 valence electrons. The van der Waals surface area contributed by atoms with Gasteiger partial charge >= 0.3 is 6.03 Å². The predicted molar refractivity (Wildman–Crippen MR) is 167 cm³/mol. The third kappa shape index (κ3) is 7.37. The zero-order chi connectivity index (χ0) is 33.1. The first-order valence-electron chi connectivity index (χ1n) is 15.6. The largest absolute Gasteiger partial charge is 0.493 e. The Morgan fingerprint density at radius 2 is 1.77 bits per heavy atom. The normalized spacial score (nSPS) is 24.9. The summed E-state index contributed by atoms with van der Waals surface area (Å²) >= 11 is 0. The van der Waals surface area contributed by atoms with E-state index >= 15 is 0 Å². The summed E-state index contributed by atoms with van der Waals surface area (Å²) in [6.07, 6.45) is -0.118. The molecule has 2 saturated heterocycles. The molecule has 11 nitrogen and oxygen atoms in total. The number of halogens is 2. The number of amides is 4. The summed E-state index contributed by atoms with van der Waals surface area (Å²) in [5.74, 6) is -2.84. The summed E-state index contributed by atoms with van der Waals surface area (Å²) < 4.78 is 39.6. The van der Waals surface area contributed by atoms with Crippen LogP contribution in [0.2, 0.25) is 0 Å². The van der Waals surface area contributed by atoms with Gasteiger partial charge < -0.3 is 40.5 Å². The van der Waals surface area contributed by atoms with Gasteiger partial charge in [0.1, 0.15) is 17.9 Å². The highest BCUT2D eigenvalue weighted by molar-refractivity contribution is 5.98. The molecular weight excluding hydrogens is 614 g/mol. The maximum atomic E-state index is 13.8. The van der Waals surface area contributed by atoms with Crippen molar-refractivity contribution >= 4 is 23.5 Å². The van der Waals surface area contributed by atoms with E-state index < -0.39 is 53.8 Å². The van der Waals surface area contributed by atoms with Crippen LogP contribution in [-0.2, 0) is 16.1 Å². The van der Waals surface area contributed by atoms with Crippen LogP contribution in [-0.4, -0.2) is 83.1 Å². The van der Waals surface area contributed by atoms with Gasteiger partial charge in [-0.25, -0.2) is 13.6 Å². The Morgan fingerprint density at radius 1 is 0.979 bits per heavy atom. The van der Waals surface area contributed by atoms with Crippen molar-refractivity contribution in [3.8, 4) is 16.9 Å². The highest BCUT2D eigenvalue weighted by Crippen LogP contribution is 2.30. The fraction of sp³-hybridized carbons (Fsp3) is 0.382. The predicted octanol–water partition coefficient (Wildman–Crippen LogP) is 3.34. The second-order valence-corrected chi connectivity index (χ2v) is 12.0. The van der Waals surface area contributed by atoms with E-state index in [0.29, 0.717) is 25.0 Å². The molecule has 3 heterocycles. The van der Waals surface area contributed by atoms with E-state index in [0.717, 1.165) is 28.8 Å². The third-order valence-electron chi connectivity index (χ3n) is 8.82. The molecule has 0 aromatic heterocycles. The number of hydrogen-bond acceptors (Lipinski definition) is 7. The molecule has 2 fully saturated rings. The fourth-order valence-corrected chi connectivity index (χ4v) is 6.22. The van der Waals surface area contributed by atoms with Crippen LogP contribution < -0.4 is 20.7 Å². The Labute approximate surface area is 269 Å². The number of anilines is 1. The van der Waals surface area contributed by atoms with Crippen molar-refractivity contribution < 1.29 is 42.9 Å². The minimum Gasteiger partial charge on any atom is -0.493 e. The third-order valence-corrected chi connectivity index (χ3v) is 8.82. The van der Waals surface area contributed by atoms with E-state index in [9.17, 15) is 33.4 Å². The van der Waals surface area contributed by atoms with E-state index in [-0.39, 0.29) is 50.1 Å². The number of urea groups is 1. The first-order valence-corrected chi connectivity index (χ1v) is 15.6. The highest BCUT2D eigenvalue weighted by Gasteiger charge is 2.41. The SMILES string of the molecule is O=C1N[C@H]2C[C@@H](C(=O)NC[C@H]3O[C@H](CCOc4cc(-c5ccc(CO)cc5)ccc41)CC[C@@H]3O)N(C(=O)Nc1ccc(F)c(F)c1)C2. The van der Waals surface area contributed by atoms with Crippen molar-refractivity contribution in [1.82, 2.24) is 15.5 Å². The van der Waals surface area contributed by atoms with Gasteiger partial charge in [0.2, 0.25) is 5.91 Å². The van der Waals surface area contributed by atoms with Crippen molar-refractivity contribution in [2.45, 2.75) is 62.7 Å². The average molecular weight is 651 g/mol. The number of aliphatic hydroxyl groups is 2. The molecule has 4 amide bonds. The second kappa shape index (κ2) is 14.0. The van der Waals surface area contributed by atoms with E-state index in [1.165, 1.54) is 11.0 Å². The average Bonchev–Trinajstić information content (AvgIpc) is 3.50. The van der Waals surface area contributed by atoms with Crippen LogP contribution in [0.1, 0.15) is 41.6 Å². The quantitative estimate of drug-likeness (QED) is 0.292. The van der Waals surface area contributed by atoms with Crippen LogP contribution in [0, 0.1) is 11.6 Å². The van der Waals surface area contributed by atoms with Crippen molar-refractivity contribution in [2.75, 3.05) is 25.0 Å². The molecule has 3 aliphatic heterocycles. The van der Waals surface area contributed by atoms with Gasteiger partial charge in [0.25, 0.3) is 5.91 Å². The molecule has 3 aromatic carbocycles. The number of ether oxygens (including phenoxy) is 2. The Hall–Kier alpha value is -4.59. The maximum Gasteiger partial charge on any atom is 0.322 e. The van der Waals surface area contributed by atoms with Crippen LogP contribution in [0.5, 0.6) is 5.75 Å². The standard InChI is InChI=1S/C34H36F2N4O7/c35-26-9-6-22(14-27(26)36)39-34(45)40-17-23-15-28(40)33(44)37-16-31-29(42)10-7-24(47-31)11-12-46-30-13-21(5-8-25(30)32(43)38-23)20-3-1-19(18-41)2-4-20/h1-6,8-9,13-14,23-24,28-29,31,41-42H,7,10-12,15-18H2,(H,37,44)(H,38,43)(H,39,45)/t23-,24-,28-,29-,31+/m0/s1. The molecule has 0 spiro atoms. The number of carbonyl (C=O) groups excluding carboxylic acids is 3. The van der Waals surface area contributed by atoms with E-state index in [4.69, 9.17) is 9.47 Å². The van der Waals surface area contributed by atoms with Crippen molar-refractivity contribution in [3.63, 3.8) is 0 Å². The molecule has 5 atom stereocenters. The van der Waals surface area contributed by atoms with Gasteiger partial charge in [-0.15, -0.1) is 0 Å². The lowest BCUT2D eigenvalue weighted by molar-refractivity contribution is -0.133. The highest BCUT2D eigenvalue weighted by atomic mass is 19.2.